The third-order valence-corrected chi connectivity index (χ3v) is 5.81. The smallest absolute Gasteiger partial charge is 0.144 e. The van der Waals surface area contributed by atoms with Gasteiger partial charge in [0.2, 0.25) is 0 Å². The lowest BCUT2D eigenvalue weighted by Crippen LogP contribution is -2.04. The van der Waals surface area contributed by atoms with Gasteiger partial charge in [0.05, 0.1) is 52.5 Å². The van der Waals surface area contributed by atoms with E-state index in [2.05, 4.69) is 21.5 Å². The number of hydrogen-bond donors (Lipinski definition) is 2. The second-order valence-electron chi connectivity index (χ2n) is 8.16. The molecule has 0 aliphatic carbocycles. The van der Waals surface area contributed by atoms with Crippen LogP contribution < -0.4 is 15.8 Å². The van der Waals surface area contributed by atoms with Crippen molar-refractivity contribution in [3.63, 3.8) is 0 Å². The highest BCUT2D eigenvalue weighted by Crippen LogP contribution is 2.36. The SMILES string of the molecule is CCOc1cc2nc(CC)c(C#N)c(Nc3ccc4nn(Cc5ccccn5)cc4c3)c2cc1N. The van der Waals surface area contributed by atoms with E-state index in [0.29, 0.717) is 42.3 Å². The Balaban J connectivity index is 1.56. The van der Waals surface area contributed by atoms with Crippen molar-refractivity contribution in [3.05, 3.63) is 77.9 Å². The summed E-state index contributed by atoms with van der Waals surface area (Å²) >= 11 is 0. The second-order valence-corrected chi connectivity index (χ2v) is 8.16. The Morgan fingerprint density at radius 3 is 2.74 bits per heavy atom. The Labute approximate surface area is 203 Å². The molecule has 2 aromatic carbocycles. The van der Waals surface area contributed by atoms with E-state index in [1.54, 1.807) is 6.20 Å². The molecule has 0 bridgehead atoms. The van der Waals surface area contributed by atoms with Crippen molar-refractivity contribution < 1.29 is 4.74 Å². The van der Waals surface area contributed by atoms with Gasteiger partial charge in [-0.15, -0.1) is 0 Å². The third-order valence-electron chi connectivity index (χ3n) is 5.81. The minimum atomic E-state index is 0.503. The molecule has 3 heterocycles. The van der Waals surface area contributed by atoms with Crippen molar-refractivity contribution in [2.45, 2.75) is 26.8 Å². The zero-order chi connectivity index (χ0) is 24.4. The summed E-state index contributed by atoms with van der Waals surface area (Å²) in [6.07, 6.45) is 4.40. The maximum Gasteiger partial charge on any atom is 0.144 e. The molecule has 0 spiro atoms. The average Bonchev–Trinajstić information content (AvgIpc) is 3.27. The Bertz CT molecular complexity index is 1570. The first-order valence-corrected chi connectivity index (χ1v) is 11.5. The molecule has 0 aliphatic rings. The molecule has 35 heavy (non-hydrogen) atoms. The quantitative estimate of drug-likeness (QED) is 0.319. The van der Waals surface area contributed by atoms with Crippen LogP contribution in [0.1, 0.15) is 30.8 Å². The zero-order valence-corrected chi connectivity index (χ0v) is 19.6. The van der Waals surface area contributed by atoms with Gasteiger partial charge in [0, 0.05) is 34.9 Å². The number of nitrogen functional groups attached to an aromatic ring is 1. The Kier molecular flexibility index (Phi) is 5.90. The van der Waals surface area contributed by atoms with Crippen LogP contribution in [0.15, 0.2) is 60.9 Å². The minimum Gasteiger partial charge on any atom is -0.492 e. The van der Waals surface area contributed by atoms with Crippen LogP contribution in [0.2, 0.25) is 0 Å². The third kappa shape index (κ3) is 4.32. The Hall–Kier alpha value is -4.64. The molecule has 3 N–H and O–H groups in total. The van der Waals surface area contributed by atoms with Crippen molar-refractivity contribution in [3.8, 4) is 11.8 Å². The highest BCUT2D eigenvalue weighted by atomic mass is 16.5. The molecule has 0 amide bonds. The van der Waals surface area contributed by atoms with Crippen LogP contribution in [0.25, 0.3) is 21.8 Å². The first-order chi connectivity index (χ1) is 17.1. The van der Waals surface area contributed by atoms with Crippen molar-refractivity contribution in [1.29, 1.82) is 5.26 Å². The Morgan fingerprint density at radius 1 is 1.11 bits per heavy atom. The molecule has 0 fully saturated rings. The van der Waals surface area contributed by atoms with Gasteiger partial charge < -0.3 is 15.8 Å². The van der Waals surface area contributed by atoms with Crippen LogP contribution in [0, 0.1) is 11.3 Å². The number of nitrogens with two attached hydrogens (primary N) is 1. The first kappa shape index (κ1) is 22.2. The summed E-state index contributed by atoms with van der Waals surface area (Å²) in [5.74, 6) is 0.590. The van der Waals surface area contributed by atoms with Crippen molar-refractivity contribution in [1.82, 2.24) is 19.7 Å². The number of hydrogen-bond acceptors (Lipinski definition) is 7. The summed E-state index contributed by atoms with van der Waals surface area (Å²) in [5.41, 5.74) is 12.1. The summed E-state index contributed by atoms with van der Waals surface area (Å²) in [6.45, 7) is 5.00. The summed E-state index contributed by atoms with van der Waals surface area (Å²) in [4.78, 5) is 9.10. The van der Waals surface area contributed by atoms with Gasteiger partial charge in [-0.25, -0.2) is 0 Å². The molecule has 8 heteroatoms. The number of anilines is 3. The number of benzene rings is 2. The normalized spacial score (nSPS) is 11.0. The fourth-order valence-electron chi connectivity index (χ4n) is 4.18. The fourth-order valence-corrected chi connectivity index (χ4v) is 4.18. The number of rotatable bonds is 7. The summed E-state index contributed by atoms with van der Waals surface area (Å²) in [5, 5.41) is 19.9. The van der Waals surface area contributed by atoms with Crippen LogP contribution in [0.4, 0.5) is 17.1 Å². The number of aromatic nitrogens is 4. The molecular formula is C27H25N7O. The number of nitriles is 1. The molecule has 0 radical (unpaired) electrons. The number of ether oxygens (including phenoxy) is 1. The van der Waals surface area contributed by atoms with E-state index in [1.807, 2.05) is 73.3 Å². The van der Waals surface area contributed by atoms with Crippen molar-refractivity contribution >= 4 is 38.9 Å². The summed E-state index contributed by atoms with van der Waals surface area (Å²) < 4.78 is 7.54. The lowest BCUT2D eigenvalue weighted by molar-refractivity contribution is 0.342. The Morgan fingerprint density at radius 2 is 2.00 bits per heavy atom. The molecule has 0 aliphatic heterocycles. The van der Waals surface area contributed by atoms with Gasteiger partial charge in [-0.1, -0.05) is 13.0 Å². The van der Waals surface area contributed by atoms with Gasteiger partial charge in [0.25, 0.3) is 0 Å². The number of aryl methyl sites for hydroxylation is 1. The monoisotopic (exact) mass is 463 g/mol. The maximum absolute atomic E-state index is 9.99. The van der Waals surface area contributed by atoms with Crippen LogP contribution in [0.5, 0.6) is 5.75 Å². The predicted molar refractivity (Wildman–Crippen MR) is 138 cm³/mol. The van der Waals surface area contributed by atoms with Gasteiger partial charge in [-0.2, -0.15) is 10.4 Å². The molecule has 0 unspecified atom stereocenters. The van der Waals surface area contributed by atoms with E-state index in [1.165, 1.54) is 0 Å². The number of pyridine rings is 2. The lowest BCUT2D eigenvalue weighted by Gasteiger charge is -2.16. The van der Waals surface area contributed by atoms with Gasteiger partial charge in [0.1, 0.15) is 11.8 Å². The van der Waals surface area contributed by atoms with Crippen molar-refractivity contribution in [2.75, 3.05) is 17.7 Å². The van der Waals surface area contributed by atoms with Crippen LogP contribution >= 0.6 is 0 Å². The van der Waals surface area contributed by atoms with Gasteiger partial charge in [-0.3, -0.25) is 14.6 Å². The van der Waals surface area contributed by atoms with E-state index in [4.69, 9.17) is 15.5 Å². The highest BCUT2D eigenvalue weighted by molar-refractivity contribution is 6.00. The summed E-state index contributed by atoms with van der Waals surface area (Å²) in [6, 6.07) is 17.8. The first-order valence-electron chi connectivity index (χ1n) is 11.5. The van der Waals surface area contributed by atoms with Crippen LogP contribution in [-0.4, -0.2) is 26.4 Å². The second kappa shape index (κ2) is 9.31. The zero-order valence-electron chi connectivity index (χ0n) is 19.6. The van der Waals surface area contributed by atoms with E-state index >= 15 is 0 Å². The number of nitrogens with one attached hydrogen (secondary N) is 1. The predicted octanol–water partition coefficient (Wildman–Crippen LogP) is 5.19. The van der Waals surface area contributed by atoms with E-state index < -0.39 is 0 Å². The standard InChI is InChI=1S/C27H25N7O/c1-3-23-21(14-28)27(20-12-22(29)26(35-4-2)13-25(20)32-23)31-18-8-9-24-17(11-18)15-34(33-24)16-19-7-5-6-10-30-19/h5-13,15H,3-4,16,29H2,1-2H3,(H,31,32). The molecule has 3 aromatic heterocycles. The average molecular weight is 464 g/mol. The fraction of sp³-hybridized carbons (Fsp3) is 0.185. The molecule has 5 rings (SSSR count). The van der Waals surface area contributed by atoms with Gasteiger partial charge >= 0.3 is 0 Å². The maximum atomic E-state index is 9.99. The van der Waals surface area contributed by atoms with Gasteiger partial charge in [-0.05, 0) is 49.7 Å². The molecule has 0 saturated carbocycles. The van der Waals surface area contributed by atoms with E-state index in [0.717, 1.165) is 38.9 Å². The number of nitrogens with zero attached hydrogens (tertiary/aromatic N) is 5. The molecule has 8 nitrogen and oxygen atoms in total. The lowest BCUT2D eigenvalue weighted by atomic mass is 10.0. The van der Waals surface area contributed by atoms with E-state index in [9.17, 15) is 5.26 Å². The molecule has 5 aromatic rings. The van der Waals surface area contributed by atoms with Gasteiger partial charge in [0.15, 0.2) is 0 Å². The van der Waals surface area contributed by atoms with Crippen LogP contribution in [-0.2, 0) is 13.0 Å². The molecule has 0 atom stereocenters. The van der Waals surface area contributed by atoms with E-state index in [-0.39, 0.29) is 0 Å². The molecule has 174 valence electrons. The molecular weight excluding hydrogens is 438 g/mol. The highest BCUT2D eigenvalue weighted by Gasteiger charge is 2.17. The molecule has 0 saturated heterocycles. The number of fused-ring (bicyclic) bond motifs is 2. The van der Waals surface area contributed by atoms with Crippen LogP contribution in [0.3, 0.4) is 0 Å². The van der Waals surface area contributed by atoms with Crippen molar-refractivity contribution in [2.24, 2.45) is 0 Å². The summed E-state index contributed by atoms with van der Waals surface area (Å²) in [7, 11) is 0. The topological polar surface area (TPSA) is 115 Å². The minimum absolute atomic E-state index is 0.503. The largest absolute Gasteiger partial charge is 0.492 e.